The van der Waals surface area contributed by atoms with Crippen molar-refractivity contribution in [2.75, 3.05) is 14.1 Å². The van der Waals surface area contributed by atoms with Crippen molar-refractivity contribution >= 4 is 10.0 Å². The van der Waals surface area contributed by atoms with E-state index in [0.29, 0.717) is 4.90 Å². The second kappa shape index (κ2) is 4.96. The average Bonchev–Trinajstić information content (AvgIpc) is 2.83. The topological polar surface area (TPSA) is 42.3 Å². The summed E-state index contributed by atoms with van der Waals surface area (Å²) in [4.78, 5) is 2.34. The van der Waals surface area contributed by atoms with Crippen molar-refractivity contribution in [3.05, 3.63) is 54.4 Å². The predicted octanol–water partition coefficient (Wildman–Crippen LogP) is 1.79. The fourth-order valence-corrected chi connectivity index (χ4v) is 2.92. The maximum Gasteiger partial charge on any atom is 0.267 e. The van der Waals surface area contributed by atoms with Gasteiger partial charge < -0.3 is 4.90 Å². The molecule has 0 atom stereocenters. The van der Waals surface area contributed by atoms with Crippen LogP contribution in [0.2, 0.25) is 0 Å². The number of benzene rings is 1. The summed E-state index contributed by atoms with van der Waals surface area (Å²) in [6, 6.07) is 10.4. The molecule has 0 unspecified atom stereocenters. The van der Waals surface area contributed by atoms with Gasteiger partial charge in [-0.2, -0.15) is 0 Å². The minimum absolute atomic E-state index is 0.307. The monoisotopic (exact) mass is 264 g/mol. The van der Waals surface area contributed by atoms with Crippen LogP contribution in [0.25, 0.3) is 0 Å². The lowest BCUT2D eigenvalue weighted by Crippen LogP contribution is -2.12. The molecule has 5 heteroatoms. The van der Waals surface area contributed by atoms with Gasteiger partial charge in [0, 0.05) is 18.9 Å². The molecule has 0 bridgehead atoms. The first-order valence-corrected chi connectivity index (χ1v) is 7.06. The average molecular weight is 264 g/mol. The van der Waals surface area contributed by atoms with E-state index < -0.39 is 10.0 Å². The minimum Gasteiger partial charge on any atom is -0.305 e. The number of rotatable bonds is 4. The van der Waals surface area contributed by atoms with Crippen molar-refractivity contribution in [1.82, 2.24) is 8.87 Å². The van der Waals surface area contributed by atoms with Crippen LogP contribution in [0, 0.1) is 0 Å². The van der Waals surface area contributed by atoms with Crippen molar-refractivity contribution in [3.8, 4) is 0 Å². The Morgan fingerprint density at radius 3 is 2.11 bits per heavy atom. The highest BCUT2D eigenvalue weighted by Crippen LogP contribution is 2.15. The van der Waals surface area contributed by atoms with Crippen molar-refractivity contribution in [1.29, 1.82) is 0 Å². The molecule has 1 aromatic carbocycles. The van der Waals surface area contributed by atoms with Crippen molar-refractivity contribution < 1.29 is 8.42 Å². The lowest BCUT2D eigenvalue weighted by atomic mass is 10.2. The zero-order valence-electron chi connectivity index (χ0n) is 10.4. The third kappa shape index (κ3) is 2.63. The fraction of sp³-hybridized carbons (Fsp3) is 0.231. The van der Waals surface area contributed by atoms with E-state index >= 15 is 0 Å². The van der Waals surface area contributed by atoms with Crippen LogP contribution in [0.5, 0.6) is 0 Å². The molecular weight excluding hydrogens is 248 g/mol. The smallest absolute Gasteiger partial charge is 0.267 e. The van der Waals surface area contributed by atoms with Crippen LogP contribution < -0.4 is 0 Å². The number of hydrogen-bond donors (Lipinski definition) is 0. The third-order valence-corrected chi connectivity index (χ3v) is 4.24. The van der Waals surface area contributed by atoms with E-state index in [1.807, 2.05) is 31.1 Å². The second-order valence-corrected chi connectivity index (χ2v) is 6.24. The molecule has 0 aliphatic carbocycles. The van der Waals surface area contributed by atoms with Crippen LogP contribution in [0.15, 0.2) is 53.7 Å². The van der Waals surface area contributed by atoms with Gasteiger partial charge >= 0.3 is 0 Å². The molecule has 0 fully saturated rings. The largest absolute Gasteiger partial charge is 0.305 e. The summed E-state index contributed by atoms with van der Waals surface area (Å²) in [6.45, 7) is 0.795. The Kier molecular flexibility index (Phi) is 3.54. The summed E-state index contributed by atoms with van der Waals surface area (Å²) in [5.74, 6) is 0. The van der Waals surface area contributed by atoms with E-state index in [2.05, 4.69) is 0 Å². The SMILES string of the molecule is CN(C)Cc1ccc(S(=O)(=O)n2cccc2)cc1. The molecule has 0 amide bonds. The molecule has 4 nitrogen and oxygen atoms in total. The molecule has 1 aromatic heterocycles. The van der Waals surface area contributed by atoms with Crippen LogP contribution in [0.3, 0.4) is 0 Å². The van der Waals surface area contributed by atoms with Gasteiger partial charge in [-0.25, -0.2) is 12.4 Å². The van der Waals surface area contributed by atoms with Crippen LogP contribution in [-0.2, 0) is 16.6 Å². The molecule has 2 rings (SSSR count). The molecular formula is C13H16N2O2S. The van der Waals surface area contributed by atoms with E-state index in [0.717, 1.165) is 12.1 Å². The van der Waals surface area contributed by atoms with Gasteiger partial charge in [0.05, 0.1) is 4.90 Å². The Morgan fingerprint density at radius 2 is 1.61 bits per heavy atom. The molecule has 0 saturated heterocycles. The number of aromatic nitrogens is 1. The van der Waals surface area contributed by atoms with Crippen molar-refractivity contribution in [2.45, 2.75) is 11.4 Å². The summed E-state index contributed by atoms with van der Waals surface area (Å²) < 4.78 is 25.6. The molecule has 96 valence electrons. The lowest BCUT2D eigenvalue weighted by Gasteiger charge is -2.10. The van der Waals surface area contributed by atoms with E-state index in [4.69, 9.17) is 0 Å². The highest BCUT2D eigenvalue weighted by molar-refractivity contribution is 7.90. The second-order valence-electron chi connectivity index (χ2n) is 4.40. The fourth-order valence-electron chi connectivity index (χ4n) is 1.73. The highest BCUT2D eigenvalue weighted by atomic mass is 32.2. The van der Waals surface area contributed by atoms with E-state index in [9.17, 15) is 8.42 Å². The Bertz CT molecular complexity index is 599. The third-order valence-electron chi connectivity index (χ3n) is 2.57. The molecule has 1 heterocycles. The normalized spacial score (nSPS) is 11.9. The quantitative estimate of drug-likeness (QED) is 0.845. The molecule has 0 aliphatic rings. The lowest BCUT2D eigenvalue weighted by molar-refractivity contribution is 0.402. The van der Waals surface area contributed by atoms with Gasteiger partial charge in [0.15, 0.2) is 0 Å². The maximum absolute atomic E-state index is 12.2. The van der Waals surface area contributed by atoms with E-state index in [-0.39, 0.29) is 0 Å². The van der Waals surface area contributed by atoms with E-state index in [1.54, 1.807) is 24.3 Å². The van der Waals surface area contributed by atoms with Gasteiger partial charge in [-0.3, -0.25) is 0 Å². The molecule has 0 saturated carbocycles. The summed E-state index contributed by atoms with van der Waals surface area (Å²) in [6.07, 6.45) is 3.06. The molecule has 2 aromatic rings. The summed E-state index contributed by atoms with van der Waals surface area (Å²) >= 11 is 0. The Hall–Kier alpha value is -1.59. The Morgan fingerprint density at radius 1 is 1.06 bits per heavy atom. The first-order chi connectivity index (χ1) is 8.50. The van der Waals surface area contributed by atoms with Gasteiger partial charge in [-0.05, 0) is 43.9 Å². The molecule has 0 spiro atoms. The Labute approximate surface area is 108 Å². The molecule has 0 aliphatic heterocycles. The minimum atomic E-state index is -3.44. The van der Waals surface area contributed by atoms with E-state index in [1.165, 1.54) is 16.4 Å². The number of nitrogens with zero attached hydrogens (tertiary/aromatic N) is 2. The van der Waals surface area contributed by atoms with Crippen LogP contribution >= 0.6 is 0 Å². The van der Waals surface area contributed by atoms with Crippen LogP contribution in [-0.4, -0.2) is 31.4 Å². The molecule has 0 radical (unpaired) electrons. The summed E-state index contributed by atoms with van der Waals surface area (Å²) in [5.41, 5.74) is 1.09. The van der Waals surface area contributed by atoms with Crippen molar-refractivity contribution in [2.24, 2.45) is 0 Å². The van der Waals surface area contributed by atoms with Gasteiger partial charge in [-0.1, -0.05) is 12.1 Å². The zero-order valence-corrected chi connectivity index (χ0v) is 11.3. The standard InChI is InChI=1S/C13H16N2O2S/c1-14(2)11-12-5-7-13(8-6-12)18(16,17)15-9-3-4-10-15/h3-10H,11H2,1-2H3. The number of hydrogen-bond acceptors (Lipinski definition) is 3. The molecule has 0 N–H and O–H groups in total. The Balaban J connectivity index is 2.30. The van der Waals surface area contributed by atoms with Gasteiger partial charge in [0.1, 0.15) is 0 Å². The molecule has 18 heavy (non-hydrogen) atoms. The van der Waals surface area contributed by atoms with Gasteiger partial charge in [0.25, 0.3) is 10.0 Å². The first kappa shape index (κ1) is 12.9. The first-order valence-electron chi connectivity index (χ1n) is 5.62. The highest BCUT2D eigenvalue weighted by Gasteiger charge is 2.14. The summed E-state index contributed by atoms with van der Waals surface area (Å²) in [7, 11) is 0.516. The van der Waals surface area contributed by atoms with Crippen molar-refractivity contribution in [3.63, 3.8) is 0 Å². The maximum atomic E-state index is 12.2. The predicted molar refractivity (Wildman–Crippen MR) is 70.8 cm³/mol. The van der Waals surface area contributed by atoms with Gasteiger partial charge in [0.2, 0.25) is 0 Å². The summed E-state index contributed by atoms with van der Waals surface area (Å²) in [5, 5.41) is 0. The van der Waals surface area contributed by atoms with Crippen LogP contribution in [0.1, 0.15) is 5.56 Å². The zero-order chi connectivity index (χ0) is 13.2. The van der Waals surface area contributed by atoms with Gasteiger partial charge in [-0.15, -0.1) is 0 Å². The van der Waals surface area contributed by atoms with Crippen LogP contribution in [0.4, 0.5) is 0 Å².